The highest BCUT2D eigenvalue weighted by Gasteiger charge is 2.21. The first-order chi connectivity index (χ1) is 10.2. The van der Waals surface area contributed by atoms with Crippen LogP contribution in [0.4, 0.5) is 11.4 Å². The van der Waals surface area contributed by atoms with E-state index in [1.54, 1.807) is 0 Å². The first kappa shape index (κ1) is 13.9. The van der Waals surface area contributed by atoms with Crippen LogP contribution in [0.3, 0.4) is 0 Å². The van der Waals surface area contributed by atoms with Gasteiger partial charge in [0.15, 0.2) is 0 Å². The fourth-order valence-corrected chi connectivity index (χ4v) is 2.75. The van der Waals surface area contributed by atoms with E-state index < -0.39 is 0 Å². The summed E-state index contributed by atoms with van der Waals surface area (Å²) in [5.41, 5.74) is 3.01. The number of rotatable bonds is 3. The van der Waals surface area contributed by atoms with Crippen molar-refractivity contribution in [3.05, 3.63) is 36.5 Å². The molecule has 2 fully saturated rings. The number of morpholine rings is 1. The van der Waals surface area contributed by atoms with Crippen LogP contribution < -0.4 is 15.5 Å². The highest BCUT2D eigenvalue weighted by atomic mass is 16.5. The molecule has 5 heteroatoms. The van der Waals surface area contributed by atoms with Crippen molar-refractivity contribution < 1.29 is 9.53 Å². The van der Waals surface area contributed by atoms with Crippen LogP contribution in [0.2, 0.25) is 0 Å². The predicted molar refractivity (Wildman–Crippen MR) is 83.4 cm³/mol. The number of anilines is 2. The summed E-state index contributed by atoms with van der Waals surface area (Å²) < 4.78 is 5.39. The second kappa shape index (κ2) is 6.18. The Morgan fingerprint density at radius 3 is 2.90 bits per heavy atom. The summed E-state index contributed by atoms with van der Waals surface area (Å²) in [5, 5.41) is 6.26. The van der Waals surface area contributed by atoms with Crippen molar-refractivity contribution in [2.24, 2.45) is 0 Å². The molecule has 2 aliphatic heterocycles. The zero-order chi connectivity index (χ0) is 14.7. The third kappa shape index (κ3) is 3.36. The first-order valence-corrected chi connectivity index (χ1v) is 7.40. The van der Waals surface area contributed by atoms with Crippen LogP contribution in [0.15, 0.2) is 36.5 Å². The number of carbonyl (C=O) groups excluding carboxylic acids is 1. The lowest BCUT2D eigenvalue weighted by Crippen LogP contribution is -2.39. The van der Waals surface area contributed by atoms with Crippen molar-refractivity contribution in [2.45, 2.75) is 18.9 Å². The quantitative estimate of drug-likeness (QED) is 0.889. The molecule has 0 aromatic heterocycles. The summed E-state index contributed by atoms with van der Waals surface area (Å²) in [6.45, 7) is 7.35. The second-order valence-corrected chi connectivity index (χ2v) is 5.46. The lowest BCUT2D eigenvalue weighted by Gasteiger charge is -2.30. The number of benzene rings is 1. The number of hydrogen-bond acceptors (Lipinski definition) is 4. The summed E-state index contributed by atoms with van der Waals surface area (Å²) >= 11 is 0. The highest BCUT2D eigenvalue weighted by molar-refractivity contribution is 5.79. The minimum atomic E-state index is 0.0557. The molecule has 2 aliphatic rings. The van der Waals surface area contributed by atoms with Crippen LogP contribution in [0.25, 0.3) is 0 Å². The second-order valence-electron chi connectivity index (χ2n) is 5.46. The first-order valence-electron chi connectivity index (χ1n) is 7.40. The fraction of sp³-hybridized carbons (Fsp3) is 0.438. The zero-order valence-electron chi connectivity index (χ0n) is 12.1. The number of carbonyl (C=O) groups is 1. The van der Waals surface area contributed by atoms with Gasteiger partial charge in [-0.2, -0.15) is 0 Å². The highest BCUT2D eigenvalue weighted by Crippen LogP contribution is 2.23. The van der Waals surface area contributed by atoms with Crippen LogP contribution in [0.5, 0.6) is 0 Å². The van der Waals surface area contributed by atoms with Gasteiger partial charge in [0.05, 0.1) is 19.3 Å². The Morgan fingerprint density at radius 2 is 2.14 bits per heavy atom. The smallest absolute Gasteiger partial charge is 0.224 e. The maximum Gasteiger partial charge on any atom is 0.224 e. The topological polar surface area (TPSA) is 53.6 Å². The van der Waals surface area contributed by atoms with E-state index in [0.717, 1.165) is 44.1 Å². The molecule has 0 aliphatic carbocycles. The number of hydrogen-bond donors (Lipinski definition) is 2. The molecule has 0 spiro atoms. The molecule has 21 heavy (non-hydrogen) atoms. The Bertz CT molecular complexity index is 538. The van der Waals surface area contributed by atoms with Gasteiger partial charge in [-0.25, -0.2) is 0 Å². The summed E-state index contributed by atoms with van der Waals surface area (Å²) in [6.07, 6.45) is 1.33. The average molecular weight is 287 g/mol. The normalized spacial score (nSPS) is 22.9. The minimum Gasteiger partial charge on any atom is -0.378 e. The standard InChI is InChI=1S/C16H21N3O2/c1-12-15(5-6-16(20)17-12)18-13-3-2-4-14(11-13)19-7-9-21-10-8-19/h2-4,11,15,18H,1,5-10H2,(H,17,20). The SMILES string of the molecule is C=C1NC(=O)CCC1Nc1cccc(N2CCOCC2)c1. The summed E-state index contributed by atoms with van der Waals surface area (Å²) in [7, 11) is 0. The molecule has 2 heterocycles. The van der Waals surface area contributed by atoms with Crippen molar-refractivity contribution in [1.82, 2.24) is 5.32 Å². The van der Waals surface area contributed by atoms with Crippen LogP contribution in [0, 0.1) is 0 Å². The Morgan fingerprint density at radius 1 is 1.33 bits per heavy atom. The zero-order valence-corrected chi connectivity index (χ0v) is 12.1. The van der Waals surface area contributed by atoms with Crippen molar-refractivity contribution in [3.63, 3.8) is 0 Å². The molecule has 0 bridgehead atoms. The van der Waals surface area contributed by atoms with Crippen LogP contribution in [-0.2, 0) is 9.53 Å². The van der Waals surface area contributed by atoms with Gasteiger partial charge in [0.1, 0.15) is 0 Å². The van der Waals surface area contributed by atoms with Gasteiger partial charge in [-0.1, -0.05) is 12.6 Å². The van der Waals surface area contributed by atoms with Gasteiger partial charge in [-0.05, 0) is 24.6 Å². The van der Waals surface area contributed by atoms with Crippen LogP contribution >= 0.6 is 0 Å². The molecule has 1 amide bonds. The minimum absolute atomic E-state index is 0.0557. The van der Waals surface area contributed by atoms with E-state index >= 15 is 0 Å². The third-order valence-corrected chi connectivity index (χ3v) is 3.94. The van der Waals surface area contributed by atoms with E-state index in [1.807, 2.05) is 6.07 Å². The molecule has 0 saturated carbocycles. The number of piperidine rings is 1. The van der Waals surface area contributed by atoms with Gasteiger partial charge in [-0.15, -0.1) is 0 Å². The molecule has 2 N–H and O–H groups in total. The summed E-state index contributed by atoms with van der Waals surface area (Å²) in [6, 6.07) is 8.47. The largest absolute Gasteiger partial charge is 0.378 e. The Balaban J connectivity index is 1.68. The molecular weight excluding hydrogens is 266 g/mol. The van der Waals surface area contributed by atoms with Gasteiger partial charge in [0, 0.05) is 36.6 Å². The van der Waals surface area contributed by atoms with Gasteiger partial charge in [0.2, 0.25) is 5.91 Å². The van der Waals surface area contributed by atoms with E-state index in [4.69, 9.17) is 4.74 Å². The molecule has 1 aromatic carbocycles. The summed E-state index contributed by atoms with van der Waals surface area (Å²) in [4.78, 5) is 13.6. The predicted octanol–water partition coefficient (Wildman–Crippen LogP) is 1.73. The number of amides is 1. The van der Waals surface area contributed by atoms with Crippen LogP contribution in [-0.4, -0.2) is 38.3 Å². The van der Waals surface area contributed by atoms with Crippen LogP contribution in [0.1, 0.15) is 12.8 Å². The monoisotopic (exact) mass is 287 g/mol. The maximum absolute atomic E-state index is 11.3. The molecule has 1 atom stereocenters. The van der Waals surface area contributed by atoms with E-state index in [9.17, 15) is 4.79 Å². The maximum atomic E-state index is 11.3. The number of ether oxygens (including phenoxy) is 1. The van der Waals surface area contributed by atoms with E-state index in [2.05, 4.69) is 40.3 Å². The van der Waals surface area contributed by atoms with Crippen molar-refractivity contribution in [3.8, 4) is 0 Å². The van der Waals surface area contributed by atoms with Crippen molar-refractivity contribution >= 4 is 17.3 Å². The Labute approximate surface area is 125 Å². The van der Waals surface area contributed by atoms with Gasteiger partial charge in [-0.3, -0.25) is 4.79 Å². The summed E-state index contributed by atoms with van der Waals surface area (Å²) in [5.74, 6) is 0.0557. The third-order valence-electron chi connectivity index (χ3n) is 3.94. The molecule has 5 nitrogen and oxygen atoms in total. The van der Waals surface area contributed by atoms with Gasteiger partial charge in [0.25, 0.3) is 0 Å². The molecule has 2 saturated heterocycles. The van der Waals surface area contributed by atoms with Crippen molar-refractivity contribution in [2.75, 3.05) is 36.5 Å². The average Bonchev–Trinajstić information content (AvgIpc) is 2.51. The number of nitrogens with zero attached hydrogens (tertiary/aromatic N) is 1. The molecular formula is C16H21N3O2. The lowest BCUT2D eigenvalue weighted by molar-refractivity contribution is -0.121. The molecule has 112 valence electrons. The van der Waals surface area contributed by atoms with Gasteiger partial charge >= 0.3 is 0 Å². The van der Waals surface area contributed by atoms with E-state index in [-0.39, 0.29) is 11.9 Å². The Kier molecular flexibility index (Phi) is 4.10. The Hall–Kier alpha value is -2.01. The molecule has 1 aromatic rings. The molecule has 0 radical (unpaired) electrons. The molecule has 1 unspecified atom stereocenters. The van der Waals surface area contributed by atoms with E-state index in [0.29, 0.717) is 6.42 Å². The van der Waals surface area contributed by atoms with Crippen molar-refractivity contribution in [1.29, 1.82) is 0 Å². The lowest BCUT2D eigenvalue weighted by atomic mass is 10.0. The van der Waals surface area contributed by atoms with Gasteiger partial charge < -0.3 is 20.3 Å². The molecule has 3 rings (SSSR count). The fourth-order valence-electron chi connectivity index (χ4n) is 2.75. The van der Waals surface area contributed by atoms with E-state index in [1.165, 1.54) is 5.69 Å². The number of nitrogens with one attached hydrogen (secondary N) is 2.